The van der Waals surface area contributed by atoms with E-state index < -0.39 is 12.1 Å². The van der Waals surface area contributed by atoms with Gasteiger partial charge in [-0.25, -0.2) is 0 Å². The van der Waals surface area contributed by atoms with Gasteiger partial charge >= 0.3 is 5.97 Å². The molecule has 0 bridgehead atoms. The normalized spacial score (nSPS) is 11.8. The zero-order chi connectivity index (χ0) is 17.0. The SMILES string of the molecule is Cc1ccc(CC(=O)O[C@H](C)C(=O)c2ccc(Br)cc2)cc1C. The summed E-state index contributed by atoms with van der Waals surface area (Å²) in [5, 5.41) is 0. The fourth-order valence-corrected chi connectivity index (χ4v) is 2.49. The number of aryl methyl sites for hydroxylation is 2. The van der Waals surface area contributed by atoms with Crippen LogP contribution < -0.4 is 0 Å². The third kappa shape index (κ3) is 4.76. The van der Waals surface area contributed by atoms with Gasteiger partial charge in [-0.05, 0) is 49.6 Å². The molecule has 0 radical (unpaired) electrons. The summed E-state index contributed by atoms with van der Waals surface area (Å²) in [6, 6.07) is 12.9. The largest absolute Gasteiger partial charge is 0.454 e. The number of esters is 1. The van der Waals surface area contributed by atoms with Crippen molar-refractivity contribution in [3.63, 3.8) is 0 Å². The van der Waals surface area contributed by atoms with Crippen molar-refractivity contribution in [1.29, 1.82) is 0 Å². The molecule has 0 aromatic heterocycles. The van der Waals surface area contributed by atoms with Crippen LogP contribution >= 0.6 is 15.9 Å². The van der Waals surface area contributed by atoms with Crippen LogP contribution in [0.3, 0.4) is 0 Å². The van der Waals surface area contributed by atoms with E-state index in [4.69, 9.17) is 4.74 Å². The molecule has 0 aliphatic heterocycles. The maximum atomic E-state index is 12.3. The first kappa shape index (κ1) is 17.4. The first-order chi connectivity index (χ1) is 10.9. The van der Waals surface area contributed by atoms with Crippen molar-refractivity contribution >= 4 is 27.7 Å². The van der Waals surface area contributed by atoms with E-state index in [0.717, 1.165) is 15.6 Å². The minimum atomic E-state index is -0.796. The lowest BCUT2D eigenvalue weighted by molar-refractivity contribution is -0.145. The average Bonchev–Trinajstić information content (AvgIpc) is 2.51. The maximum Gasteiger partial charge on any atom is 0.310 e. The highest BCUT2D eigenvalue weighted by Gasteiger charge is 2.19. The predicted molar refractivity (Wildman–Crippen MR) is 93.6 cm³/mol. The molecule has 0 spiro atoms. The Kier molecular flexibility index (Phi) is 5.72. The molecule has 3 nitrogen and oxygen atoms in total. The van der Waals surface area contributed by atoms with Gasteiger partial charge in [-0.3, -0.25) is 9.59 Å². The number of ketones is 1. The molecule has 0 saturated heterocycles. The zero-order valence-corrected chi connectivity index (χ0v) is 15.0. The third-order valence-corrected chi connectivity index (χ3v) is 4.25. The highest BCUT2D eigenvalue weighted by Crippen LogP contribution is 2.14. The maximum absolute atomic E-state index is 12.3. The van der Waals surface area contributed by atoms with Gasteiger partial charge in [0.1, 0.15) is 0 Å². The van der Waals surface area contributed by atoms with Crippen LogP contribution in [0.1, 0.15) is 34.0 Å². The molecule has 120 valence electrons. The quantitative estimate of drug-likeness (QED) is 0.574. The molecule has 23 heavy (non-hydrogen) atoms. The summed E-state index contributed by atoms with van der Waals surface area (Å²) in [5.41, 5.74) is 3.73. The fourth-order valence-electron chi connectivity index (χ4n) is 2.22. The second kappa shape index (κ2) is 7.55. The van der Waals surface area contributed by atoms with E-state index in [1.165, 1.54) is 5.56 Å². The number of carbonyl (C=O) groups is 2. The number of carbonyl (C=O) groups excluding carboxylic acids is 2. The van der Waals surface area contributed by atoms with Crippen LogP contribution in [-0.2, 0) is 16.0 Å². The molecule has 2 aromatic rings. The number of halogens is 1. The monoisotopic (exact) mass is 374 g/mol. The number of benzene rings is 2. The van der Waals surface area contributed by atoms with Crippen LogP contribution in [-0.4, -0.2) is 17.9 Å². The summed E-state index contributed by atoms with van der Waals surface area (Å²) in [5.74, 6) is -0.600. The van der Waals surface area contributed by atoms with Crippen LogP contribution in [0.4, 0.5) is 0 Å². The van der Waals surface area contributed by atoms with E-state index in [-0.39, 0.29) is 12.2 Å². The van der Waals surface area contributed by atoms with Crippen molar-refractivity contribution in [2.75, 3.05) is 0 Å². The Bertz CT molecular complexity index is 720. The number of ether oxygens (including phenoxy) is 1. The second-order valence-corrected chi connectivity index (χ2v) is 6.51. The summed E-state index contributed by atoms with van der Waals surface area (Å²) in [4.78, 5) is 24.3. The predicted octanol–water partition coefficient (Wildman–Crippen LogP) is 4.42. The van der Waals surface area contributed by atoms with Gasteiger partial charge in [0, 0.05) is 10.0 Å². The van der Waals surface area contributed by atoms with Gasteiger partial charge in [-0.15, -0.1) is 0 Å². The summed E-state index contributed by atoms with van der Waals surface area (Å²) >= 11 is 3.32. The minimum absolute atomic E-state index is 0.166. The highest BCUT2D eigenvalue weighted by molar-refractivity contribution is 9.10. The van der Waals surface area contributed by atoms with E-state index in [0.29, 0.717) is 5.56 Å². The summed E-state index contributed by atoms with van der Waals surface area (Å²) in [6.07, 6.45) is -0.630. The summed E-state index contributed by atoms with van der Waals surface area (Å²) < 4.78 is 6.17. The Morgan fingerprint density at radius 1 is 1.04 bits per heavy atom. The molecular weight excluding hydrogens is 356 g/mol. The highest BCUT2D eigenvalue weighted by atomic mass is 79.9. The minimum Gasteiger partial charge on any atom is -0.454 e. The Morgan fingerprint density at radius 3 is 2.30 bits per heavy atom. The molecule has 0 saturated carbocycles. The average molecular weight is 375 g/mol. The van der Waals surface area contributed by atoms with Gasteiger partial charge in [0.05, 0.1) is 6.42 Å². The topological polar surface area (TPSA) is 43.4 Å². The molecule has 0 fully saturated rings. The van der Waals surface area contributed by atoms with Crippen molar-refractivity contribution in [1.82, 2.24) is 0 Å². The van der Waals surface area contributed by atoms with Crippen LogP contribution in [0.2, 0.25) is 0 Å². The van der Waals surface area contributed by atoms with E-state index in [1.54, 1.807) is 31.2 Å². The van der Waals surface area contributed by atoms with Gasteiger partial charge in [0.2, 0.25) is 5.78 Å². The van der Waals surface area contributed by atoms with Crippen molar-refractivity contribution in [2.45, 2.75) is 33.3 Å². The van der Waals surface area contributed by atoms with Gasteiger partial charge in [-0.1, -0.05) is 46.3 Å². The summed E-state index contributed by atoms with van der Waals surface area (Å²) in [7, 11) is 0. The van der Waals surface area contributed by atoms with E-state index >= 15 is 0 Å². The standard InChI is InChI=1S/C19H19BrO3/c1-12-4-5-15(10-13(12)2)11-18(21)23-14(3)19(22)16-6-8-17(20)9-7-16/h4-10,14H,11H2,1-3H3/t14-/m1/s1. The number of hydrogen-bond donors (Lipinski definition) is 0. The Labute approximate surface area is 144 Å². The second-order valence-electron chi connectivity index (χ2n) is 5.60. The first-order valence-electron chi connectivity index (χ1n) is 7.42. The Balaban J connectivity index is 1.97. The number of rotatable bonds is 5. The van der Waals surface area contributed by atoms with Crippen molar-refractivity contribution in [3.8, 4) is 0 Å². The lowest BCUT2D eigenvalue weighted by atomic mass is 10.0. The molecule has 2 aromatic carbocycles. The molecule has 4 heteroatoms. The summed E-state index contributed by atoms with van der Waals surface area (Å²) in [6.45, 7) is 5.63. The van der Waals surface area contributed by atoms with Crippen LogP contribution in [0.25, 0.3) is 0 Å². The fraction of sp³-hybridized carbons (Fsp3) is 0.263. The van der Waals surface area contributed by atoms with Gasteiger partial charge < -0.3 is 4.74 Å². The van der Waals surface area contributed by atoms with E-state index in [2.05, 4.69) is 15.9 Å². The van der Waals surface area contributed by atoms with Crippen molar-refractivity contribution in [2.24, 2.45) is 0 Å². The van der Waals surface area contributed by atoms with Crippen molar-refractivity contribution < 1.29 is 14.3 Å². The number of Topliss-reactive ketones (excluding diaryl/α,β-unsaturated/α-hetero) is 1. The third-order valence-electron chi connectivity index (χ3n) is 3.73. The molecule has 0 aliphatic rings. The Hall–Kier alpha value is -1.94. The molecule has 0 N–H and O–H groups in total. The molecule has 1 atom stereocenters. The lowest BCUT2D eigenvalue weighted by Crippen LogP contribution is -2.25. The molecule has 2 rings (SSSR count). The van der Waals surface area contributed by atoms with Crippen LogP contribution in [0.5, 0.6) is 0 Å². The van der Waals surface area contributed by atoms with Gasteiger partial charge in [0.25, 0.3) is 0 Å². The van der Waals surface area contributed by atoms with Gasteiger partial charge in [0.15, 0.2) is 6.10 Å². The van der Waals surface area contributed by atoms with Gasteiger partial charge in [-0.2, -0.15) is 0 Å². The number of hydrogen-bond acceptors (Lipinski definition) is 3. The molecule has 0 aliphatic carbocycles. The van der Waals surface area contributed by atoms with Crippen molar-refractivity contribution in [3.05, 3.63) is 69.2 Å². The smallest absolute Gasteiger partial charge is 0.310 e. The molecule has 0 amide bonds. The van der Waals surface area contributed by atoms with Crippen LogP contribution in [0.15, 0.2) is 46.9 Å². The molecular formula is C19H19BrO3. The van der Waals surface area contributed by atoms with Crippen LogP contribution in [0, 0.1) is 13.8 Å². The zero-order valence-electron chi connectivity index (χ0n) is 13.4. The lowest BCUT2D eigenvalue weighted by Gasteiger charge is -2.13. The first-order valence-corrected chi connectivity index (χ1v) is 8.21. The Morgan fingerprint density at radius 2 is 1.70 bits per heavy atom. The van der Waals surface area contributed by atoms with E-state index in [1.807, 2.05) is 32.0 Å². The van der Waals surface area contributed by atoms with E-state index in [9.17, 15) is 9.59 Å². The molecule has 0 heterocycles. The molecule has 0 unspecified atom stereocenters.